The summed E-state index contributed by atoms with van der Waals surface area (Å²) >= 11 is 0. The molecule has 5 rings (SSSR count). The average molecular weight is 497 g/mol. The van der Waals surface area contributed by atoms with E-state index in [1.807, 2.05) is 39.8 Å². The Morgan fingerprint density at radius 1 is 0.892 bits per heavy atom. The number of anilines is 1. The van der Waals surface area contributed by atoms with Crippen LogP contribution in [0.5, 0.6) is 5.88 Å². The van der Waals surface area contributed by atoms with Gasteiger partial charge in [-0.3, -0.25) is 9.59 Å². The third-order valence-electron chi connectivity index (χ3n) is 6.51. The van der Waals surface area contributed by atoms with E-state index >= 15 is 0 Å². The van der Waals surface area contributed by atoms with Crippen molar-refractivity contribution in [3.63, 3.8) is 0 Å². The third-order valence-corrected chi connectivity index (χ3v) is 6.51. The molecule has 1 aliphatic heterocycles. The summed E-state index contributed by atoms with van der Waals surface area (Å²) in [6.07, 6.45) is 3.45. The molecule has 37 heavy (non-hydrogen) atoms. The molecule has 0 saturated heterocycles. The van der Waals surface area contributed by atoms with Gasteiger partial charge < -0.3 is 5.11 Å². The van der Waals surface area contributed by atoms with Crippen molar-refractivity contribution in [2.24, 2.45) is 0 Å². The van der Waals surface area contributed by atoms with Gasteiger partial charge in [-0.05, 0) is 67.6 Å². The standard InChI is InChI=1S/C29H25FN4O3/c1-17(2)25-23(28(36)34(31-25)22-8-6-5-7-9-22)24-26(32-15-14-18(3)19(4)16-32)29(37)33(27(24)35)21-12-10-20(30)11-13-21/h5-17H,1-4H3. The maximum atomic E-state index is 14.0. The maximum absolute atomic E-state index is 14.0. The summed E-state index contributed by atoms with van der Waals surface area (Å²) in [7, 11) is 0. The second-order valence-electron chi connectivity index (χ2n) is 9.33. The smallest absolute Gasteiger partial charge is 0.331 e. The molecule has 7 nitrogen and oxygen atoms in total. The second kappa shape index (κ2) is 9.13. The van der Waals surface area contributed by atoms with Gasteiger partial charge in [0.25, 0.3) is 11.6 Å². The lowest BCUT2D eigenvalue weighted by Gasteiger charge is -2.16. The van der Waals surface area contributed by atoms with Gasteiger partial charge in [-0.25, -0.2) is 14.0 Å². The van der Waals surface area contributed by atoms with E-state index < -0.39 is 23.5 Å². The fourth-order valence-corrected chi connectivity index (χ4v) is 4.43. The predicted molar refractivity (Wildman–Crippen MR) is 135 cm³/mol. The molecule has 0 aliphatic carbocycles. The highest BCUT2D eigenvalue weighted by Gasteiger charge is 2.47. The third kappa shape index (κ3) is 4.00. The molecule has 2 aromatic heterocycles. The highest BCUT2D eigenvalue weighted by atomic mass is 19.1. The summed E-state index contributed by atoms with van der Waals surface area (Å²) in [4.78, 5) is 28.8. The van der Waals surface area contributed by atoms with Crippen molar-refractivity contribution in [1.29, 1.82) is 0 Å². The normalized spacial score (nSPS) is 13.8. The van der Waals surface area contributed by atoms with Crippen molar-refractivity contribution >= 4 is 28.8 Å². The van der Waals surface area contributed by atoms with E-state index in [0.717, 1.165) is 16.0 Å². The molecule has 0 N–H and O–H groups in total. The summed E-state index contributed by atoms with van der Waals surface area (Å²) < 4.78 is 16.5. The van der Waals surface area contributed by atoms with Gasteiger partial charge in [-0.1, -0.05) is 32.0 Å². The lowest BCUT2D eigenvalue weighted by atomic mass is 9.98. The van der Waals surface area contributed by atoms with E-state index in [1.165, 1.54) is 28.9 Å². The van der Waals surface area contributed by atoms with Crippen LogP contribution in [0.2, 0.25) is 0 Å². The molecule has 1 aliphatic rings. The van der Waals surface area contributed by atoms with E-state index in [-0.39, 0.29) is 28.4 Å². The fourth-order valence-electron chi connectivity index (χ4n) is 4.43. The molecule has 3 heterocycles. The largest absolute Gasteiger partial charge is 0.858 e. The number of halogens is 1. The van der Waals surface area contributed by atoms with E-state index in [4.69, 9.17) is 0 Å². The van der Waals surface area contributed by atoms with Crippen molar-refractivity contribution in [3.05, 3.63) is 101 Å². The van der Waals surface area contributed by atoms with Crippen LogP contribution in [0.4, 0.5) is 10.1 Å². The number of imide groups is 1. The Bertz CT molecular complexity index is 1570. The lowest BCUT2D eigenvalue weighted by Crippen LogP contribution is -2.40. The first kappa shape index (κ1) is 24.1. The summed E-state index contributed by atoms with van der Waals surface area (Å²) in [5, 5.41) is 18.4. The molecule has 0 radical (unpaired) electrons. The molecule has 0 fully saturated rings. The monoisotopic (exact) mass is 496 g/mol. The highest BCUT2D eigenvalue weighted by Crippen LogP contribution is 2.40. The molecule has 2 amide bonds. The molecule has 0 unspecified atom stereocenters. The fraction of sp³-hybridized carbons (Fsp3) is 0.172. The second-order valence-corrected chi connectivity index (χ2v) is 9.33. The zero-order valence-electron chi connectivity index (χ0n) is 20.9. The van der Waals surface area contributed by atoms with Gasteiger partial charge in [-0.15, -0.1) is 0 Å². The Morgan fingerprint density at radius 3 is 2.19 bits per heavy atom. The molecule has 8 heteroatoms. The zero-order chi connectivity index (χ0) is 26.4. The zero-order valence-corrected chi connectivity index (χ0v) is 20.9. The molecule has 0 bridgehead atoms. The van der Waals surface area contributed by atoms with Gasteiger partial charge in [0, 0.05) is 17.2 Å². The molecular weight excluding hydrogens is 471 g/mol. The number of benzene rings is 2. The van der Waals surface area contributed by atoms with E-state index in [1.54, 1.807) is 41.2 Å². The minimum Gasteiger partial charge on any atom is -0.858 e. The van der Waals surface area contributed by atoms with Gasteiger partial charge >= 0.3 is 5.91 Å². The van der Waals surface area contributed by atoms with Gasteiger partial charge in [0.05, 0.1) is 17.1 Å². The van der Waals surface area contributed by atoms with Crippen LogP contribution >= 0.6 is 0 Å². The summed E-state index contributed by atoms with van der Waals surface area (Å²) in [6, 6.07) is 15.9. The Labute approximate surface area is 213 Å². The topological polar surface area (TPSA) is 82.1 Å². The number of aryl methyl sites for hydroxylation is 2. The van der Waals surface area contributed by atoms with Crippen LogP contribution in [0.3, 0.4) is 0 Å². The van der Waals surface area contributed by atoms with Crippen LogP contribution in [0.1, 0.15) is 42.1 Å². The number of hydrogen-bond acceptors (Lipinski definition) is 4. The Hall–Kier alpha value is -4.59. The SMILES string of the molecule is Cc1cc[n+](C2=C(c3c(C(C)C)nn(-c4ccccc4)c3[O-])C(=O)N(c3ccc(F)cc3)C2=O)cc1C. The minimum absolute atomic E-state index is 0.0292. The summed E-state index contributed by atoms with van der Waals surface area (Å²) in [5.74, 6) is -2.47. The molecule has 0 atom stereocenters. The van der Waals surface area contributed by atoms with Crippen molar-refractivity contribution < 1.29 is 23.7 Å². The number of aromatic nitrogens is 3. The van der Waals surface area contributed by atoms with Crippen LogP contribution in [0.15, 0.2) is 73.1 Å². The van der Waals surface area contributed by atoms with E-state index in [2.05, 4.69) is 5.10 Å². The van der Waals surface area contributed by atoms with Gasteiger partial charge in [0.1, 0.15) is 11.4 Å². The number of nitrogens with zero attached hydrogens (tertiary/aromatic N) is 4. The minimum atomic E-state index is -0.663. The lowest BCUT2D eigenvalue weighted by molar-refractivity contribution is -0.577. The Kier molecular flexibility index (Phi) is 5.95. The molecule has 186 valence electrons. The predicted octanol–water partition coefficient (Wildman–Crippen LogP) is 4.05. The van der Waals surface area contributed by atoms with Gasteiger partial charge in [-0.2, -0.15) is 9.67 Å². The van der Waals surface area contributed by atoms with Crippen LogP contribution in [-0.4, -0.2) is 21.6 Å². The number of hydrogen-bond donors (Lipinski definition) is 0. The van der Waals surface area contributed by atoms with Crippen LogP contribution in [0, 0.1) is 19.7 Å². The first-order chi connectivity index (χ1) is 17.7. The molecule has 0 spiro atoms. The van der Waals surface area contributed by atoms with Crippen molar-refractivity contribution in [2.75, 3.05) is 4.90 Å². The number of carbonyl (C=O) groups is 2. The van der Waals surface area contributed by atoms with Crippen LogP contribution in [0.25, 0.3) is 17.0 Å². The van der Waals surface area contributed by atoms with Crippen molar-refractivity contribution in [1.82, 2.24) is 9.78 Å². The van der Waals surface area contributed by atoms with Crippen molar-refractivity contribution in [2.45, 2.75) is 33.6 Å². The quantitative estimate of drug-likeness (QED) is 0.308. The molecule has 2 aromatic carbocycles. The molecule has 0 saturated carbocycles. The number of carbonyl (C=O) groups excluding carboxylic acids is 2. The number of amides is 2. The first-order valence-corrected chi connectivity index (χ1v) is 11.9. The van der Waals surface area contributed by atoms with E-state index in [9.17, 15) is 19.1 Å². The average Bonchev–Trinajstić information content (AvgIpc) is 3.35. The number of rotatable bonds is 5. The van der Waals surface area contributed by atoms with Crippen LogP contribution < -0.4 is 14.6 Å². The highest BCUT2D eigenvalue weighted by molar-refractivity contribution is 6.53. The summed E-state index contributed by atoms with van der Waals surface area (Å²) in [6.45, 7) is 7.60. The first-order valence-electron chi connectivity index (χ1n) is 11.9. The summed E-state index contributed by atoms with van der Waals surface area (Å²) in [5.41, 5.74) is 3.19. The maximum Gasteiger partial charge on any atom is 0.331 e. The molecule has 4 aromatic rings. The van der Waals surface area contributed by atoms with Crippen LogP contribution in [-0.2, 0) is 9.59 Å². The number of pyridine rings is 1. The van der Waals surface area contributed by atoms with Gasteiger partial charge in [0.15, 0.2) is 12.4 Å². The Morgan fingerprint density at radius 2 is 1.57 bits per heavy atom. The van der Waals surface area contributed by atoms with Gasteiger partial charge in [0.2, 0.25) is 0 Å². The Balaban J connectivity index is 1.80. The number of para-hydroxylation sites is 1. The molecular formula is C29H25FN4O3. The van der Waals surface area contributed by atoms with E-state index in [0.29, 0.717) is 11.4 Å². The van der Waals surface area contributed by atoms with Crippen molar-refractivity contribution in [3.8, 4) is 11.6 Å².